The van der Waals surface area contributed by atoms with Crippen LogP contribution in [-0.4, -0.2) is 37.6 Å². The first kappa shape index (κ1) is 25.2. The molecule has 0 radical (unpaired) electrons. The Morgan fingerprint density at radius 2 is 1.89 bits per heavy atom. The average Bonchev–Trinajstić information content (AvgIpc) is 3.17. The Hall–Kier alpha value is -3.94. The fourth-order valence-corrected chi connectivity index (χ4v) is 4.20. The number of halogens is 4. The topological polar surface area (TPSA) is 116 Å². The Balaban J connectivity index is 1.67. The highest BCUT2D eigenvalue weighted by molar-refractivity contribution is 7.92. The predicted octanol–water partition coefficient (Wildman–Crippen LogP) is 3.88. The smallest absolute Gasteiger partial charge is 0.365 e. The van der Waals surface area contributed by atoms with Crippen molar-refractivity contribution in [1.29, 1.82) is 0 Å². The molecule has 9 nitrogen and oxygen atoms in total. The van der Waals surface area contributed by atoms with Gasteiger partial charge >= 0.3 is 6.18 Å². The summed E-state index contributed by atoms with van der Waals surface area (Å²) in [6, 6.07) is 8.77. The SMILES string of the molecule is CN(c1c(F)cccc1CNc1nc(Nc2cccc3c2NC(=O)C3)ncc1C(F)(F)F)S(C)(=O)=O. The zero-order valence-electron chi connectivity index (χ0n) is 18.9. The third-order valence-electron chi connectivity index (χ3n) is 5.44. The molecule has 0 saturated carbocycles. The minimum atomic E-state index is -4.81. The zero-order valence-corrected chi connectivity index (χ0v) is 19.8. The molecular weight excluding hydrogens is 504 g/mol. The largest absolute Gasteiger partial charge is 0.421 e. The van der Waals surface area contributed by atoms with E-state index in [0.29, 0.717) is 27.4 Å². The summed E-state index contributed by atoms with van der Waals surface area (Å²) in [5.74, 6) is -1.87. The second-order valence-corrected chi connectivity index (χ2v) is 9.99. The molecule has 14 heteroatoms. The van der Waals surface area contributed by atoms with Crippen LogP contribution >= 0.6 is 0 Å². The Kier molecular flexibility index (Phi) is 6.47. The van der Waals surface area contributed by atoms with Crippen molar-refractivity contribution in [3.63, 3.8) is 0 Å². The molecule has 0 atom stereocenters. The van der Waals surface area contributed by atoms with Crippen molar-refractivity contribution in [3.8, 4) is 0 Å². The van der Waals surface area contributed by atoms with Gasteiger partial charge in [-0.3, -0.25) is 9.10 Å². The molecule has 0 fully saturated rings. The molecule has 0 bridgehead atoms. The number of rotatable bonds is 7. The van der Waals surface area contributed by atoms with E-state index in [2.05, 4.69) is 25.9 Å². The van der Waals surface area contributed by atoms with Crippen LogP contribution < -0.4 is 20.3 Å². The number of amides is 1. The molecule has 1 aromatic heterocycles. The highest BCUT2D eigenvalue weighted by Gasteiger charge is 2.35. The standard InChI is InChI=1S/C22H20F4N6O3S/c1-32(36(2,34)35)19-13(6-3-7-15(19)23)10-27-20-14(22(24,25)26)11-28-21(31-20)29-16-8-4-5-12-9-17(33)30-18(12)16/h3-8,11H,9-10H2,1-2H3,(H,30,33)(H2,27,28,29,31). The molecule has 0 unspecified atom stereocenters. The van der Waals surface area contributed by atoms with E-state index in [-0.39, 0.29) is 36.1 Å². The number of anilines is 5. The fraction of sp³-hybridized carbons (Fsp3) is 0.227. The number of hydrogen-bond acceptors (Lipinski definition) is 7. The minimum absolute atomic E-state index is 0.0905. The van der Waals surface area contributed by atoms with E-state index in [1.165, 1.54) is 12.1 Å². The maximum absolute atomic E-state index is 14.5. The monoisotopic (exact) mass is 524 g/mol. The summed E-state index contributed by atoms with van der Waals surface area (Å²) in [7, 11) is -2.70. The highest BCUT2D eigenvalue weighted by Crippen LogP contribution is 2.36. The number of benzene rings is 2. The van der Waals surface area contributed by atoms with E-state index in [1.54, 1.807) is 18.2 Å². The van der Waals surface area contributed by atoms with Crippen molar-refractivity contribution < 1.29 is 30.8 Å². The van der Waals surface area contributed by atoms with Crippen molar-refractivity contribution in [2.75, 3.05) is 33.6 Å². The summed E-state index contributed by atoms with van der Waals surface area (Å²) in [6.45, 7) is -0.372. The van der Waals surface area contributed by atoms with Crippen LogP contribution in [0.15, 0.2) is 42.6 Å². The number of alkyl halides is 3. The first-order chi connectivity index (χ1) is 16.8. The van der Waals surface area contributed by atoms with Crippen LogP contribution in [0.25, 0.3) is 0 Å². The number of aromatic nitrogens is 2. The van der Waals surface area contributed by atoms with Gasteiger partial charge in [-0.25, -0.2) is 17.8 Å². The van der Waals surface area contributed by atoms with Crippen LogP contribution in [0.5, 0.6) is 0 Å². The fourth-order valence-electron chi connectivity index (χ4n) is 3.66. The number of nitrogens with zero attached hydrogens (tertiary/aromatic N) is 3. The molecule has 36 heavy (non-hydrogen) atoms. The summed E-state index contributed by atoms with van der Waals surface area (Å²) in [6.07, 6.45) is -3.17. The van der Waals surface area contributed by atoms with Gasteiger partial charge in [0.1, 0.15) is 17.2 Å². The first-order valence-corrected chi connectivity index (χ1v) is 12.3. The van der Waals surface area contributed by atoms with Gasteiger partial charge in [-0.2, -0.15) is 18.2 Å². The molecule has 190 valence electrons. The molecule has 1 amide bonds. The highest BCUT2D eigenvalue weighted by atomic mass is 32.2. The van der Waals surface area contributed by atoms with E-state index in [4.69, 9.17) is 0 Å². The van der Waals surface area contributed by atoms with E-state index in [9.17, 15) is 30.8 Å². The lowest BCUT2D eigenvalue weighted by molar-refractivity contribution is -0.137. The number of carbonyl (C=O) groups excluding carboxylic acids is 1. The Morgan fingerprint density at radius 3 is 2.58 bits per heavy atom. The molecule has 0 spiro atoms. The van der Waals surface area contributed by atoms with Gasteiger partial charge < -0.3 is 16.0 Å². The maximum atomic E-state index is 14.5. The Labute approximate surface area is 203 Å². The number of sulfonamides is 1. The quantitative estimate of drug-likeness (QED) is 0.402. The molecule has 3 N–H and O–H groups in total. The van der Waals surface area contributed by atoms with Crippen LogP contribution in [0.1, 0.15) is 16.7 Å². The summed E-state index contributed by atoms with van der Waals surface area (Å²) < 4.78 is 80.0. The van der Waals surface area contributed by atoms with Gasteiger partial charge in [0.25, 0.3) is 0 Å². The number of fused-ring (bicyclic) bond motifs is 1. The Bertz CT molecular complexity index is 1450. The van der Waals surface area contributed by atoms with E-state index >= 15 is 0 Å². The van der Waals surface area contributed by atoms with Crippen LogP contribution in [0, 0.1) is 5.82 Å². The van der Waals surface area contributed by atoms with Gasteiger partial charge in [-0.1, -0.05) is 24.3 Å². The van der Waals surface area contributed by atoms with Crippen LogP contribution in [0.4, 0.5) is 46.4 Å². The second kappa shape index (κ2) is 9.26. The van der Waals surface area contributed by atoms with E-state index < -0.39 is 33.4 Å². The minimum Gasteiger partial charge on any atom is -0.365 e. The van der Waals surface area contributed by atoms with Gasteiger partial charge in [0.2, 0.25) is 21.9 Å². The summed E-state index contributed by atoms with van der Waals surface area (Å²) in [5, 5.41) is 8.01. The molecule has 3 aromatic rings. The van der Waals surface area contributed by atoms with Crippen LogP contribution in [-0.2, 0) is 34.0 Å². The lowest BCUT2D eigenvalue weighted by Gasteiger charge is -2.22. The van der Waals surface area contributed by atoms with Gasteiger partial charge in [0, 0.05) is 19.8 Å². The van der Waals surface area contributed by atoms with Crippen molar-refractivity contribution in [2.24, 2.45) is 0 Å². The normalized spacial score (nSPS) is 13.2. The molecule has 1 aliphatic rings. The molecule has 1 aliphatic heterocycles. The van der Waals surface area contributed by atoms with Gasteiger partial charge in [0.05, 0.1) is 29.7 Å². The number of para-hydroxylation sites is 2. The third kappa shape index (κ3) is 5.17. The maximum Gasteiger partial charge on any atom is 0.421 e. The van der Waals surface area contributed by atoms with Crippen LogP contribution in [0.3, 0.4) is 0 Å². The molecule has 2 aromatic carbocycles. The van der Waals surface area contributed by atoms with Crippen molar-refractivity contribution >= 4 is 44.8 Å². The molecule has 0 saturated heterocycles. The number of nitrogens with one attached hydrogen (secondary N) is 3. The van der Waals surface area contributed by atoms with E-state index in [1.807, 2.05) is 0 Å². The van der Waals surface area contributed by atoms with Gasteiger partial charge in [0.15, 0.2) is 0 Å². The third-order valence-corrected chi connectivity index (χ3v) is 6.61. The second-order valence-electron chi connectivity index (χ2n) is 7.97. The number of hydrogen-bond donors (Lipinski definition) is 3. The van der Waals surface area contributed by atoms with Crippen LogP contribution in [0.2, 0.25) is 0 Å². The average molecular weight is 525 g/mol. The van der Waals surface area contributed by atoms with Gasteiger partial charge in [-0.15, -0.1) is 0 Å². The first-order valence-electron chi connectivity index (χ1n) is 10.4. The number of carbonyl (C=O) groups is 1. The predicted molar refractivity (Wildman–Crippen MR) is 126 cm³/mol. The van der Waals surface area contributed by atoms with Gasteiger partial charge in [-0.05, 0) is 23.3 Å². The molecule has 0 aliphatic carbocycles. The Morgan fingerprint density at radius 1 is 1.17 bits per heavy atom. The van der Waals surface area contributed by atoms with Crippen molar-refractivity contribution in [3.05, 3.63) is 65.1 Å². The summed E-state index contributed by atoms with van der Waals surface area (Å²) >= 11 is 0. The zero-order chi connectivity index (χ0) is 26.3. The summed E-state index contributed by atoms with van der Waals surface area (Å²) in [4.78, 5) is 19.4. The molecular formula is C22H20F4N6O3S. The summed E-state index contributed by atoms with van der Waals surface area (Å²) in [5.41, 5.74) is 0.203. The van der Waals surface area contributed by atoms with Crippen molar-refractivity contribution in [2.45, 2.75) is 19.1 Å². The van der Waals surface area contributed by atoms with E-state index in [0.717, 1.165) is 19.4 Å². The molecule has 4 rings (SSSR count). The molecule has 2 heterocycles. The van der Waals surface area contributed by atoms with Crippen molar-refractivity contribution in [1.82, 2.24) is 9.97 Å². The lowest BCUT2D eigenvalue weighted by Crippen LogP contribution is -2.27. The lowest BCUT2D eigenvalue weighted by atomic mass is 10.1.